The lowest BCUT2D eigenvalue weighted by atomic mass is 10.2. The fourth-order valence-corrected chi connectivity index (χ4v) is 2.77. The van der Waals surface area contributed by atoms with Gasteiger partial charge in [-0.3, -0.25) is 0 Å². The Kier molecular flexibility index (Phi) is 3.57. The van der Waals surface area contributed by atoms with Crippen LogP contribution in [0.2, 0.25) is 0 Å². The molecule has 1 fully saturated rings. The first-order valence-corrected chi connectivity index (χ1v) is 5.25. The first-order valence-electron chi connectivity index (χ1n) is 4.20. The van der Waals surface area contributed by atoms with Gasteiger partial charge in [-0.2, -0.15) is 0 Å². The van der Waals surface area contributed by atoms with Crippen molar-refractivity contribution in [3.05, 3.63) is 0 Å². The molecule has 60 valence electrons. The van der Waals surface area contributed by atoms with E-state index in [0.717, 1.165) is 11.4 Å². The first kappa shape index (κ1) is 8.41. The summed E-state index contributed by atoms with van der Waals surface area (Å²) in [6.45, 7) is 4.53. The highest BCUT2D eigenvalue weighted by atomic mass is 32.2. The molecule has 0 spiro atoms. The Morgan fingerprint density at radius 2 is 2.40 bits per heavy atom. The molecule has 1 aliphatic heterocycles. The lowest BCUT2D eigenvalue weighted by Crippen LogP contribution is -2.38. The van der Waals surface area contributed by atoms with Crippen LogP contribution in [0, 0.1) is 0 Å². The minimum Gasteiger partial charge on any atom is -0.303 e. The Morgan fingerprint density at radius 1 is 1.60 bits per heavy atom. The van der Waals surface area contributed by atoms with E-state index in [2.05, 4.69) is 30.9 Å². The van der Waals surface area contributed by atoms with E-state index in [1.165, 1.54) is 25.0 Å². The SMILES string of the molecule is CCCC1NC(C)CCS1. The molecule has 0 bridgehead atoms. The molecule has 0 aliphatic carbocycles. The van der Waals surface area contributed by atoms with Gasteiger partial charge in [-0.1, -0.05) is 13.3 Å². The molecule has 2 atom stereocenters. The molecule has 10 heavy (non-hydrogen) atoms. The summed E-state index contributed by atoms with van der Waals surface area (Å²) >= 11 is 2.08. The molecule has 2 unspecified atom stereocenters. The fourth-order valence-electron chi connectivity index (χ4n) is 1.26. The van der Waals surface area contributed by atoms with Crippen LogP contribution in [0.3, 0.4) is 0 Å². The monoisotopic (exact) mass is 159 g/mol. The lowest BCUT2D eigenvalue weighted by molar-refractivity contribution is 0.483. The van der Waals surface area contributed by atoms with Gasteiger partial charge in [0.25, 0.3) is 0 Å². The van der Waals surface area contributed by atoms with Gasteiger partial charge >= 0.3 is 0 Å². The predicted octanol–water partition coefficient (Wildman–Crippen LogP) is 2.23. The van der Waals surface area contributed by atoms with Crippen molar-refractivity contribution in [2.24, 2.45) is 0 Å². The summed E-state index contributed by atoms with van der Waals surface area (Å²) in [5.41, 5.74) is 0. The van der Waals surface area contributed by atoms with E-state index in [0.29, 0.717) is 0 Å². The van der Waals surface area contributed by atoms with Crippen LogP contribution in [0.15, 0.2) is 0 Å². The molecular weight excluding hydrogens is 142 g/mol. The summed E-state index contributed by atoms with van der Waals surface area (Å²) in [5.74, 6) is 1.35. The maximum absolute atomic E-state index is 3.58. The van der Waals surface area contributed by atoms with Crippen LogP contribution in [0.5, 0.6) is 0 Å². The molecule has 0 amide bonds. The van der Waals surface area contributed by atoms with Gasteiger partial charge in [-0.25, -0.2) is 0 Å². The van der Waals surface area contributed by atoms with Crippen molar-refractivity contribution in [3.63, 3.8) is 0 Å². The Labute approximate surface area is 68.0 Å². The number of thioether (sulfide) groups is 1. The van der Waals surface area contributed by atoms with Crippen molar-refractivity contribution < 1.29 is 0 Å². The van der Waals surface area contributed by atoms with E-state index in [-0.39, 0.29) is 0 Å². The Balaban J connectivity index is 2.18. The smallest absolute Gasteiger partial charge is 0.0534 e. The summed E-state index contributed by atoms with van der Waals surface area (Å²) in [7, 11) is 0. The molecular formula is C8H17NS. The van der Waals surface area contributed by atoms with Gasteiger partial charge in [0.1, 0.15) is 0 Å². The summed E-state index contributed by atoms with van der Waals surface area (Å²) in [4.78, 5) is 0. The average molecular weight is 159 g/mol. The third-order valence-corrected chi connectivity index (χ3v) is 3.14. The van der Waals surface area contributed by atoms with Gasteiger partial charge in [-0.15, -0.1) is 11.8 Å². The van der Waals surface area contributed by atoms with Gasteiger partial charge in [0.05, 0.1) is 5.37 Å². The molecule has 0 aromatic rings. The predicted molar refractivity (Wildman–Crippen MR) is 48.4 cm³/mol. The minimum absolute atomic E-state index is 0.744. The topological polar surface area (TPSA) is 12.0 Å². The van der Waals surface area contributed by atoms with E-state index in [1.54, 1.807) is 0 Å². The van der Waals surface area contributed by atoms with Crippen LogP contribution >= 0.6 is 11.8 Å². The van der Waals surface area contributed by atoms with E-state index in [9.17, 15) is 0 Å². The van der Waals surface area contributed by atoms with Crippen molar-refractivity contribution in [1.29, 1.82) is 0 Å². The molecule has 1 saturated heterocycles. The van der Waals surface area contributed by atoms with Crippen LogP contribution in [0.1, 0.15) is 33.1 Å². The van der Waals surface area contributed by atoms with Crippen LogP contribution in [-0.4, -0.2) is 17.2 Å². The van der Waals surface area contributed by atoms with E-state index in [4.69, 9.17) is 0 Å². The highest BCUT2D eigenvalue weighted by Gasteiger charge is 2.16. The number of nitrogens with one attached hydrogen (secondary N) is 1. The maximum atomic E-state index is 3.58. The van der Waals surface area contributed by atoms with E-state index >= 15 is 0 Å². The quantitative estimate of drug-likeness (QED) is 0.663. The molecule has 1 aliphatic rings. The van der Waals surface area contributed by atoms with Crippen molar-refractivity contribution in [3.8, 4) is 0 Å². The van der Waals surface area contributed by atoms with Crippen molar-refractivity contribution in [1.82, 2.24) is 5.32 Å². The van der Waals surface area contributed by atoms with Gasteiger partial charge in [0.15, 0.2) is 0 Å². The molecule has 1 nitrogen and oxygen atoms in total. The van der Waals surface area contributed by atoms with Crippen LogP contribution in [-0.2, 0) is 0 Å². The number of hydrogen-bond donors (Lipinski definition) is 1. The summed E-state index contributed by atoms with van der Waals surface area (Å²) < 4.78 is 0. The Hall–Kier alpha value is 0.310. The molecule has 2 heteroatoms. The van der Waals surface area contributed by atoms with Gasteiger partial charge in [0, 0.05) is 6.04 Å². The molecule has 1 heterocycles. The third-order valence-electron chi connectivity index (χ3n) is 1.89. The minimum atomic E-state index is 0.744. The van der Waals surface area contributed by atoms with Crippen LogP contribution < -0.4 is 5.32 Å². The molecule has 1 rings (SSSR count). The normalized spacial score (nSPS) is 34.2. The highest BCUT2D eigenvalue weighted by Crippen LogP contribution is 2.21. The van der Waals surface area contributed by atoms with Crippen LogP contribution in [0.25, 0.3) is 0 Å². The largest absolute Gasteiger partial charge is 0.303 e. The summed E-state index contributed by atoms with van der Waals surface area (Å²) in [5, 5.41) is 4.32. The molecule has 0 aromatic heterocycles. The number of rotatable bonds is 2. The molecule has 1 N–H and O–H groups in total. The fraction of sp³-hybridized carbons (Fsp3) is 1.00. The van der Waals surface area contributed by atoms with E-state index in [1.807, 2.05) is 0 Å². The van der Waals surface area contributed by atoms with Gasteiger partial charge in [0.2, 0.25) is 0 Å². The molecule has 0 aromatic carbocycles. The highest BCUT2D eigenvalue weighted by molar-refractivity contribution is 7.99. The standard InChI is InChI=1S/C8H17NS/c1-3-4-8-9-7(2)5-6-10-8/h7-9H,3-6H2,1-2H3. The maximum Gasteiger partial charge on any atom is 0.0534 e. The van der Waals surface area contributed by atoms with Gasteiger partial charge < -0.3 is 5.32 Å². The summed E-state index contributed by atoms with van der Waals surface area (Å²) in [6.07, 6.45) is 3.97. The molecule has 0 radical (unpaired) electrons. The van der Waals surface area contributed by atoms with Gasteiger partial charge in [-0.05, 0) is 25.5 Å². The van der Waals surface area contributed by atoms with E-state index < -0.39 is 0 Å². The second kappa shape index (κ2) is 4.24. The van der Waals surface area contributed by atoms with Crippen molar-refractivity contribution in [2.75, 3.05) is 5.75 Å². The lowest BCUT2D eigenvalue weighted by Gasteiger charge is -2.27. The zero-order valence-corrected chi connectivity index (χ0v) is 7.71. The zero-order chi connectivity index (χ0) is 7.40. The van der Waals surface area contributed by atoms with Crippen molar-refractivity contribution >= 4 is 11.8 Å². The Morgan fingerprint density at radius 3 is 3.00 bits per heavy atom. The first-order chi connectivity index (χ1) is 4.83. The second-order valence-corrected chi connectivity index (χ2v) is 4.32. The number of hydrogen-bond acceptors (Lipinski definition) is 2. The Bertz CT molecular complexity index is 93.3. The third kappa shape index (κ3) is 2.51. The van der Waals surface area contributed by atoms with Crippen molar-refractivity contribution in [2.45, 2.75) is 44.5 Å². The second-order valence-electron chi connectivity index (χ2n) is 3.00. The molecule has 0 saturated carbocycles. The van der Waals surface area contributed by atoms with Crippen LogP contribution in [0.4, 0.5) is 0 Å². The zero-order valence-electron chi connectivity index (χ0n) is 6.89. The average Bonchev–Trinajstić information content (AvgIpc) is 1.88. The summed E-state index contributed by atoms with van der Waals surface area (Å²) in [6, 6.07) is 0.748.